The van der Waals surface area contributed by atoms with Gasteiger partial charge in [-0.25, -0.2) is 0 Å². The molecule has 5 nitrogen and oxygen atoms in total. The minimum Gasteiger partial charge on any atom is -0.378 e. The molecule has 1 aromatic heterocycles. The van der Waals surface area contributed by atoms with Crippen LogP contribution in [-0.4, -0.2) is 44.7 Å². The Morgan fingerprint density at radius 3 is 2.61 bits per heavy atom. The van der Waals surface area contributed by atoms with Gasteiger partial charge in [0, 0.05) is 56.0 Å². The molecule has 0 bridgehead atoms. The van der Waals surface area contributed by atoms with Crippen molar-refractivity contribution in [1.29, 1.82) is 0 Å². The molecule has 148 valence electrons. The third-order valence-corrected chi connectivity index (χ3v) is 4.89. The number of carbonyl (C=O) groups excluding carboxylic acids is 1. The molecular weight excluding hydrogens is 350 g/mol. The number of rotatable bonds is 9. The van der Waals surface area contributed by atoms with Gasteiger partial charge in [0.05, 0.1) is 0 Å². The number of nitrogens with zero attached hydrogens (tertiary/aromatic N) is 1. The summed E-state index contributed by atoms with van der Waals surface area (Å²) in [5.74, 6) is -0.0225. The number of amides is 1. The lowest BCUT2D eigenvalue weighted by atomic mass is 9.90. The number of carbonyl (C=O) groups is 1. The molecule has 0 saturated heterocycles. The molecule has 28 heavy (non-hydrogen) atoms. The molecule has 3 aromatic rings. The SMILES string of the molecule is CCCOCC(=O)NCC(c1ccc(N(C)C)cc1)c1c[nH]c2ccccc12. The highest BCUT2D eigenvalue weighted by atomic mass is 16.5. The lowest BCUT2D eigenvalue weighted by Crippen LogP contribution is -2.32. The van der Waals surface area contributed by atoms with E-state index in [0.29, 0.717) is 13.2 Å². The second kappa shape index (κ2) is 9.42. The number of H-pyrrole nitrogens is 1. The van der Waals surface area contributed by atoms with Gasteiger partial charge in [0.15, 0.2) is 0 Å². The van der Waals surface area contributed by atoms with E-state index in [1.165, 1.54) is 16.5 Å². The van der Waals surface area contributed by atoms with E-state index in [0.717, 1.165) is 17.6 Å². The minimum atomic E-state index is -0.0804. The minimum absolute atomic E-state index is 0.0579. The molecule has 0 fully saturated rings. The van der Waals surface area contributed by atoms with Crippen LogP contribution in [-0.2, 0) is 9.53 Å². The molecule has 1 atom stereocenters. The fraction of sp³-hybridized carbons (Fsp3) is 0.348. The van der Waals surface area contributed by atoms with E-state index in [1.807, 2.05) is 33.2 Å². The highest BCUT2D eigenvalue weighted by Gasteiger charge is 2.19. The van der Waals surface area contributed by atoms with Crippen molar-refractivity contribution >= 4 is 22.5 Å². The second-order valence-electron chi connectivity index (χ2n) is 7.18. The number of ether oxygens (including phenoxy) is 1. The Morgan fingerprint density at radius 2 is 1.89 bits per heavy atom. The summed E-state index contributed by atoms with van der Waals surface area (Å²) in [7, 11) is 4.06. The third-order valence-electron chi connectivity index (χ3n) is 4.89. The Hall–Kier alpha value is -2.79. The lowest BCUT2D eigenvalue weighted by Gasteiger charge is -2.20. The summed E-state index contributed by atoms with van der Waals surface area (Å²) in [6, 6.07) is 16.8. The Kier molecular flexibility index (Phi) is 6.71. The first-order valence-corrected chi connectivity index (χ1v) is 9.78. The van der Waals surface area contributed by atoms with Crippen LogP contribution in [0, 0.1) is 0 Å². The maximum Gasteiger partial charge on any atom is 0.246 e. The monoisotopic (exact) mass is 379 g/mol. The number of hydrogen-bond acceptors (Lipinski definition) is 3. The molecule has 2 aromatic carbocycles. The average Bonchev–Trinajstić information content (AvgIpc) is 3.13. The van der Waals surface area contributed by atoms with Crippen LogP contribution in [0.1, 0.15) is 30.4 Å². The average molecular weight is 380 g/mol. The van der Waals surface area contributed by atoms with Crippen molar-refractivity contribution in [3.05, 3.63) is 65.9 Å². The van der Waals surface area contributed by atoms with E-state index < -0.39 is 0 Å². The van der Waals surface area contributed by atoms with Gasteiger partial charge in [-0.1, -0.05) is 37.3 Å². The molecule has 1 unspecified atom stereocenters. The number of nitrogens with one attached hydrogen (secondary N) is 2. The molecule has 5 heteroatoms. The molecule has 0 spiro atoms. The van der Waals surface area contributed by atoms with Crippen LogP contribution in [0.5, 0.6) is 0 Å². The number of hydrogen-bond donors (Lipinski definition) is 2. The number of anilines is 1. The Morgan fingerprint density at radius 1 is 1.14 bits per heavy atom. The van der Waals surface area contributed by atoms with E-state index in [4.69, 9.17) is 4.74 Å². The topological polar surface area (TPSA) is 57.4 Å². The molecule has 2 N–H and O–H groups in total. The fourth-order valence-corrected chi connectivity index (χ4v) is 3.37. The first-order valence-electron chi connectivity index (χ1n) is 9.78. The van der Waals surface area contributed by atoms with Crippen LogP contribution >= 0.6 is 0 Å². The van der Waals surface area contributed by atoms with Crippen LogP contribution in [0.25, 0.3) is 10.9 Å². The second-order valence-corrected chi connectivity index (χ2v) is 7.18. The Bertz CT molecular complexity index is 900. The highest BCUT2D eigenvalue weighted by molar-refractivity contribution is 5.84. The summed E-state index contributed by atoms with van der Waals surface area (Å²) < 4.78 is 5.36. The van der Waals surface area contributed by atoms with Crippen molar-refractivity contribution in [1.82, 2.24) is 10.3 Å². The molecule has 0 aliphatic heterocycles. The van der Waals surface area contributed by atoms with Gasteiger partial charge in [-0.2, -0.15) is 0 Å². The summed E-state index contributed by atoms with van der Waals surface area (Å²) in [6.45, 7) is 3.26. The van der Waals surface area contributed by atoms with Crippen LogP contribution < -0.4 is 10.2 Å². The first kappa shape index (κ1) is 20.0. The summed E-state index contributed by atoms with van der Waals surface area (Å²) >= 11 is 0. The smallest absolute Gasteiger partial charge is 0.246 e. The highest BCUT2D eigenvalue weighted by Crippen LogP contribution is 2.31. The van der Waals surface area contributed by atoms with Crippen LogP contribution in [0.2, 0.25) is 0 Å². The van der Waals surface area contributed by atoms with Gasteiger partial charge in [-0.15, -0.1) is 0 Å². The van der Waals surface area contributed by atoms with Gasteiger partial charge in [0.25, 0.3) is 0 Å². The maximum absolute atomic E-state index is 12.2. The molecule has 0 aliphatic rings. The zero-order valence-corrected chi connectivity index (χ0v) is 16.9. The van der Waals surface area contributed by atoms with Crippen molar-refractivity contribution in [3.8, 4) is 0 Å². The molecular formula is C23H29N3O2. The van der Waals surface area contributed by atoms with Gasteiger partial charge in [0.1, 0.15) is 6.61 Å². The number of aromatic amines is 1. The molecule has 0 radical (unpaired) electrons. The molecule has 1 amide bonds. The normalized spacial score (nSPS) is 12.1. The van der Waals surface area contributed by atoms with E-state index in [9.17, 15) is 4.79 Å². The van der Waals surface area contributed by atoms with Gasteiger partial charge in [-0.3, -0.25) is 4.79 Å². The lowest BCUT2D eigenvalue weighted by molar-refractivity contribution is -0.125. The van der Waals surface area contributed by atoms with Crippen LogP contribution in [0.3, 0.4) is 0 Å². The third kappa shape index (κ3) is 4.73. The van der Waals surface area contributed by atoms with Crippen molar-refractivity contribution in [2.45, 2.75) is 19.3 Å². The standard InChI is InChI=1S/C23H29N3O2/c1-4-13-28-16-23(27)25-14-20(17-9-11-18(12-10-17)26(2)3)21-15-24-22-8-6-5-7-19(21)22/h5-12,15,20,24H,4,13-14,16H2,1-3H3,(H,25,27). The first-order chi connectivity index (χ1) is 13.6. The number of aromatic nitrogens is 1. The number of benzene rings is 2. The van der Waals surface area contributed by atoms with E-state index >= 15 is 0 Å². The number of fused-ring (bicyclic) bond motifs is 1. The predicted octanol–water partition coefficient (Wildman–Crippen LogP) is 3.91. The zero-order chi connectivity index (χ0) is 19.9. The van der Waals surface area contributed by atoms with Crippen molar-refractivity contribution < 1.29 is 9.53 Å². The van der Waals surface area contributed by atoms with E-state index in [-0.39, 0.29) is 18.4 Å². The van der Waals surface area contributed by atoms with Gasteiger partial charge in [0.2, 0.25) is 5.91 Å². The van der Waals surface area contributed by atoms with Crippen molar-refractivity contribution in [3.63, 3.8) is 0 Å². The van der Waals surface area contributed by atoms with Gasteiger partial charge < -0.3 is 19.9 Å². The predicted molar refractivity (Wildman–Crippen MR) is 115 cm³/mol. The molecule has 0 aliphatic carbocycles. The summed E-state index contributed by atoms with van der Waals surface area (Å²) in [6.07, 6.45) is 2.96. The maximum atomic E-state index is 12.2. The Balaban J connectivity index is 1.85. The van der Waals surface area contributed by atoms with Crippen molar-refractivity contribution in [2.75, 3.05) is 38.8 Å². The summed E-state index contributed by atoms with van der Waals surface area (Å²) in [5.41, 5.74) is 4.61. The molecule has 1 heterocycles. The summed E-state index contributed by atoms with van der Waals surface area (Å²) in [4.78, 5) is 17.6. The van der Waals surface area contributed by atoms with Gasteiger partial charge >= 0.3 is 0 Å². The van der Waals surface area contributed by atoms with Gasteiger partial charge in [-0.05, 0) is 35.7 Å². The largest absolute Gasteiger partial charge is 0.378 e. The van der Waals surface area contributed by atoms with E-state index in [2.05, 4.69) is 57.8 Å². The summed E-state index contributed by atoms with van der Waals surface area (Å²) in [5, 5.41) is 4.22. The molecule has 3 rings (SSSR count). The van der Waals surface area contributed by atoms with Crippen LogP contribution in [0.4, 0.5) is 5.69 Å². The number of para-hydroxylation sites is 1. The van der Waals surface area contributed by atoms with Crippen LogP contribution in [0.15, 0.2) is 54.7 Å². The van der Waals surface area contributed by atoms with E-state index in [1.54, 1.807) is 0 Å². The van der Waals surface area contributed by atoms with Crippen molar-refractivity contribution in [2.24, 2.45) is 0 Å². The fourth-order valence-electron chi connectivity index (χ4n) is 3.37. The Labute approximate surface area is 166 Å². The molecule has 0 saturated carbocycles. The zero-order valence-electron chi connectivity index (χ0n) is 16.9. The quantitative estimate of drug-likeness (QED) is 0.554.